The first-order chi connectivity index (χ1) is 10.1. The Morgan fingerprint density at radius 2 is 2.19 bits per heavy atom. The number of hydrogen-bond acceptors (Lipinski definition) is 3. The van der Waals surface area contributed by atoms with Crippen molar-refractivity contribution in [3.8, 4) is 0 Å². The summed E-state index contributed by atoms with van der Waals surface area (Å²) in [7, 11) is 3.52. The highest BCUT2D eigenvalue weighted by Crippen LogP contribution is 2.17. The zero-order valence-electron chi connectivity index (χ0n) is 12.8. The lowest BCUT2D eigenvalue weighted by molar-refractivity contribution is -0.127. The quantitative estimate of drug-likeness (QED) is 0.644. The summed E-state index contributed by atoms with van der Waals surface area (Å²) in [5, 5.41) is 10.7. The number of thiophene rings is 1. The summed E-state index contributed by atoms with van der Waals surface area (Å²) in [6.07, 6.45) is 4.90. The standard InChI is InChI=1S/C15H24N4OS/c1-19(2)14(20)10-17-15(18-13-5-3-4-6-13)16-9-12-7-8-21-11-12/h7-8,11,13H,3-6,9-10H2,1-2H3,(H2,16,17,18). The van der Waals surface area contributed by atoms with Crippen LogP contribution in [-0.2, 0) is 11.3 Å². The summed E-state index contributed by atoms with van der Waals surface area (Å²) in [4.78, 5) is 17.9. The van der Waals surface area contributed by atoms with Crippen LogP contribution in [0.2, 0.25) is 0 Å². The summed E-state index contributed by atoms with van der Waals surface area (Å²) < 4.78 is 0. The van der Waals surface area contributed by atoms with Crippen molar-refractivity contribution in [3.05, 3.63) is 22.4 Å². The zero-order valence-corrected chi connectivity index (χ0v) is 13.6. The molecule has 0 aliphatic heterocycles. The van der Waals surface area contributed by atoms with Gasteiger partial charge < -0.3 is 15.5 Å². The molecule has 1 saturated carbocycles. The number of carbonyl (C=O) groups excluding carboxylic acids is 1. The van der Waals surface area contributed by atoms with Crippen LogP contribution in [0, 0.1) is 0 Å². The fraction of sp³-hybridized carbons (Fsp3) is 0.600. The lowest BCUT2D eigenvalue weighted by Crippen LogP contribution is -2.46. The molecule has 1 amide bonds. The van der Waals surface area contributed by atoms with Crippen LogP contribution in [0.3, 0.4) is 0 Å². The molecule has 116 valence electrons. The fourth-order valence-corrected chi connectivity index (χ4v) is 2.95. The molecule has 1 aromatic rings. The second-order valence-corrected chi connectivity index (χ2v) is 6.34. The maximum atomic E-state index is 11.7. The average molecular weight is 308 g/mol. The Hall–Kier alpha value is -1.56. The number of guanidine groups is 1. The van der Waals surface area contributed by atoms with E-state index in [2.05, 4.69) is 32.5 Å². The highest BCUT2D eigenvalue weighted by atomic mass is 32.1. The van der Waals surface area contributed by atoms with E-state index in [1.54, 1.807) is 30.3 Å². The van der Waals surface area contributed by atoms with Crippen molar-refractivity contribution in [2.45, 2.75) is 38.3 Å². The molecule has 0 radical (unpaired) electrons. The number of amides is 1. The SMILES string of the molecule is CN(C)C(=O)CNC(=NCc1ccsc1)NC1CCCC1. The molecule has 5 nitrogen and oxygen atoms in total. The molecular formula is C15H24N4OS. The lowest BCUT2D eigenvalue weighted by atomic mass is 10.2. The number of carbonyl (C=O) groups is 1. The van der Waals surface area contributed by atoms with Crippen LogP contribution in [-0.4, -0.2) is 43.4 Å². The predicted molar refractivity (Wildman–Crippen MR) is 87.5 cm³/mol. The maximum Gasteiger partial charge on any atom is 0.241 e. The van der Waals surface area contributed by atoms with Crippen LogP contribution < -0.4 is 10.6 Å². The van der Waals surface area contributed by atoms with E-state index >= 15 is 0 Å². The van der Waals surface area contributed by atoms with Crippen molar-refractivity contribution in [1.29, 1.82) is 0 Å². The van der Waals surface area contributed by atoms with Crippen LogP contribution in [0.5, 0.6) is 0 Å². The van der Waals surface area contributed by atoms with Crippen molar-refractivity contribution in [2.75, 3.05) is 20.6 Å². The van der Waals surface area contributed by atoms with E-state index in [9.17, 15) is 4.79 Å². The van der Waals surface area contributed by atoms with Crippen LogP contribution in [0.25, 0.3) is 0 Å². The van der Waals surface area contributed by atoms with Gasteiger partial charge in [0.05, 0.1) is 13.1 Å². The first-order valence-electron chi connectivity index (χ1n) is 7.41. The highest BCUT2D eigenvalue weighted by Gasteiger charge is 2.16. The lowest BCUT2D eigenvalue weighted by Gasteiger charge is -2.18. The monoisotopic (exact) mass is 308 g/mol. The van der Waals surface area contributed by atoms with Gasteiger partial charge in [-0.1, -0.05) is 12.8 Å². The van der Waals surface area contributed by atoms with E-state index in [4.69, 9.17) is 0 Å². The fourth-order valence-electron chi connectivity index (χ4n) is 2.29. The summed E-state index contributed by atoms with van der Waals surface area (Å²) in [6, 6.07) is 2.56. The minimum atomic E-state index is 0.0476. The maximum absolute atomic E-state index is 11.7. The van der Waals surface area contributed by atoms with E-state index in [1.165, 1.54) is 31.2 Å². The number of aliphatic imine (C=N–C) groups is 1. The van der Waals surface area contributed by atoms with Gasteiger partial charge in [-0.05, 0) is 35.2 Å². The molecule has 2 rings (SSSR count). The molecule has 0 saturated heterocycles. The minimum absolute atomic E-state index is 0.0476. The minimum Gasteiger partial charge on any atom is -0.354 e. The third-order valence-corrected chi connectivity index (χ3v) is 4.33. The van der Waals surface area contributed by atoms with Crippen molar-refractivity contribution in [3.63, 3.8) is 0 Å². The Balaban J connectivity index is 1.91. The van der Waals surface area contributed by atoms with E-state index in [0.29, 0.717) is 12.6 Å². The van der Waals surface area contributed by atoms with Gasteiger partial charge in [0.25, 0.3) is 0 Å². The summed E-state index contributed by atoms with van der Waals surface area (Å²) in [6.45, 7) is 0.914. The molecule has 0 unspecified atom stereocenters. The van der Waals surface area contributed by atoms with Crippen molar-refractivity contribution < 1.29 is 4.79 Å². The van der Waals surface area contributed by atoms with E-state index in [-0.39, 0.29) is 12.5 Å². The average Bonchev–Trinajstić information content (AvgIpc) is 3.14. The Morgan fingerprint density at radius 1 is 1.43 bits per heavy atom. The molecule has 6 heteroatoms. The van der Waals surface area contributed by atoms with Crippen molar-refractivity contribution >= 4 is 23.2 Å². The Labute approximate surface area is 130 Å². The number of nitrogens with one attached hydrogen (secondary N) is 2. The van der Waals surface area contributed by atoms with E-state index in [0.717, 1.165) is 5.96 Å². The number of rotatable bonds is 5. The third-order valence-electron chi connectivity index (χ3n) is 3.60. The highest BCUT2D eigenvalue weighted by molar-refractivity contribution is 7.07. The van der Waals surface area contributed by atoms with Crippen molar-refractivity contribution in [2.24, 2.45) is 4.99 Å². The number of nitrogens with zero attached hydrogens (tertiary/aromatic N) is 2. The first-order valence-corrected chi connectivity index (χ1v) is 8.35. The molecule has 0 spiro atoms. The molecular weight excluding hydrogens is 284 g/mol. The van der Waals surface area contributed by atoms with Crippen LogP contribution in [0.15, 0.2) is 21.8 Å². The zero-order chi connectivity index (χ0) is 15.1. The molecule has 21 heavy (non-hydrogen) atoms. The summed E-state index contributed by atoms with van der Waals surface area (Å²) in [5.41, 5.74) is 1.20. The van der Waals surface area contributed by atoms with Gasteiger partial charge in [-0.15, -0.1) is 0 Å². The molecule has 0 aromatic carbocycles. The predicted octanol–water partition coefficient (Wildman–Crippen LogP) is 1.81. The van der Waals surface area contributed by atoms with Crippen LogP contribution in [0.4, 0.5) is 0 Å². The third kappa shape index (κ3) is 5.38. The van der Waals surface area contributed by atoms with Gasteiger partial charge in [0.15, 0.2) is 5.96 Å². The Bertz CT molecular complexity index is 464. The second kappa shape index (κ2) is 8.02. The van der Waals surface area contributed by atoms with Gasteiger partial charge in [0.2, 0.25) is 5.91 Å². The van der Waals surface area contributed by atoms with Gasteiger partial charge in [-0.2, -0.15) is 11.3 Å². The van der Waals surface area contributed by atoms with E-state index < -0.39 is 0 Å². The topological polar surface area (TPSA) is 56.7 Å². The van der Waals surface area contributed by atoms with Gasteiger partial charge >= 0.3 is 0 Å². The largest absolute Gasteiger partial charge is 0.354 e. The Kier molecular flexibility index (Phi) is 6.04. The number of likely N-dealkylation sites (N-methyl/N-ethyl adjacent to an activating group) is 1. The molecule has 1 aromatic heterocycles. The Morgan fingerprint density at radius 3 is 2.81 bits per heavy atom. The molecule has 1 aliphatic carbocycles. The van der Waals surface area contributed by atoms with Gasteiger partial charge in [-0.25, -0.2) is 4.99 Å². The van der Waals surface area contributed by atoms with Gasteiger partial charge in [0.1, 0.15) is 0 Å². The van der Waals surface area contributed by atoms with Crippen molar-refractivity contribution in [1.82, 2.24) is 15.5 Å². The normalized spacial score (nSPS) is 16.0. The number of hydrogen-bond donors (Lipinski definition) is 2. The first kappa shape index (κ1) is 15.8. The van der Waals surface area contributed by atoms with Crippen LogP contribution in [0.1, 0.15) is 31.2 Å². The molecule has 1 aliphatic rings. The van der Waals surface area contributed by atoms with E-state index in [1.807, 2.05) is 0 Å². The summed E-state index contributed by atoms with van der Waals surface area (Å²) >= 11 is 1.68. The molecule has 0 atom stereocenters. The molecule has 1 heterocycles. The van der Waals surface area contributed by atoms with Gasteiger partial charge in [0, 0.05) is 20.1 Å². The van der Waals surface area contributed by atoms with Gasteiger partial charge in [-0.3, -0.25) is 4.79 Å². The summed E-state index contributed by atoms with van der Waals surface area (Å²) in [5.74, 6) is 0.787. The molecule has 2 N–H and O–H groups in total. The van der Waals surface area contributed by atoms with Crippen LogP contribution >= 0.6 is 11.3 Å². The molecule has 1 fully saturated rings. The smallest absolute Gasteiger partial charge is 0.241 e. The molecule has 0 bridgehead atoms. The second-order valence-electron chi connectivity index (χ2n) is 5.56.